The van der Waals surface area contributed by atoms with Gasteiger partial charge in [-0.05, 0) is 0 Å². The van der Waals surface area contributed by atoms with Crippen molar-refractivity contribution >= 4 is 63.5 Å². The van der Waals surface area contributed by atoms with Crippen molar-refractivity contribution < 1.29 is 15.0 Å². The molecule has 0 aliphatic rings. The maximum absolute atomic E-state index is 13.2. The van der Waals surface area contributed by atoms with Crippen molar-refractivity contribution in [3.63, 3.8) is 0 Å². The Bertz CT molecular complexity index is 1140. The number of carbonyl (C=O) groups excluding carboxylic acids is 2. The summed E-state index contributed by atoms with van der Waals surface area (Å²) in [5.41, 5.74) is 0.723. The van der Waals surface area contributed by atoms with Gasteiger partial charge >= 0.3 is 209 Å². The standard InChI is InChI=1S/2C7H6O2.2C6H4Cl.Pb/c2*8-7(9)6-4-2-1-3-5-6;2*7-6-4-2-1-3-5-6;/h2*1-5H,(H,8,9);2*2-5H;/q;;;;+2/p-2. The number of hydrogen-bond donors (Lipinski definition) is 0. The first-order chi connectivity index (χ1) is 16.0. The van der Waals surface area contributed by atoms with E-state index >= 15 is 0 Å². The molecule has 0 saturated heterocycles. The summed E-state index contributed by atoms with van der Waals surface area (Å²) in [6.07, 6.45) is 0. The zero-order chi connectivity index (χ0) is 23.3. The summed E-state index contributed by atoms with van der Waals surface area (Å²) in [4.78, 5) is 26.5. The molecule has 0 saturated carbocycles. The predicted octanol–water partition coefficient (Wildman–Crippen LogP) is 5.26. The molecule has 164 valence electrons. The number of rotatable bonds is 6. The normalized spacial score (nSPS) is 11.0. The monoisotopic (exact) mass is 672 g/mol. The Morgan fingerprint density at radius 2 is 0.848 bits per heavy atom. The molecule has 0 aliphatic carbocycles. The van der Waals surface area contributed by atoms with Crippen LogP contribution in [0.25, 0.3) is 0 Å². The first-order valence-corrected chi connectivity index (χ1v) is 17.9. The van der Waals surface area contributed by atoms with Gasteiger partial charge in [-0.2, -0.15) is 0 Å². The van der Waals surface area contributed by atoms with Gasteiger partial charge in [-0.15, -0.1) is 0 Å². The van der Waals surface area contributed by atoms with E-state index in [-0.39, 0.29) is 0 Å². The average molecular weight is 673 g/mol. The molecule has 0 amide bonds. The summed E-state index contributed by atoms with van der Waals surface area (Å²) >= 11 is 7.14. The topological polar surface area (TPSA) is 52.6 Å². The Labute approximate surface area is 207 Å². The van der Waals surface area contributed by atoms with Gasteiger partial charge in [0, 0.05) is 0 Å². The molecule has 4 aromatic rings. The summed E-state index contributed by atoms with van der Waals surface area (Å²) in [6, 6.07) is 31.0. The van der Waals surface area contributed by atoms with E-state index in [1.165, 1.54) is 0 Å². The molecule has 0 unspecified atom stereocenters. The quantitative estimate of drug-likeness (QED) is 0.263. The summed E-state index contributed by atoms with van der Waals surface area (Å²) in [7, 11) is 0. The van der Waals surface area contributed by atoms with Crippen LogP contribution in [-0.4, -0.2) is 34.0 Å². The Morgan fingerprint density at radius 3 is 1.18 bits per heavy atom. The van der Waals surface area contributed by atoms with Crippen LogP contribution < -0.4 is 6.25 Å². The fourth-order valence-electron chi connectivity index (χ4n) is 3.29. The molecule has 4 nitrogen and oxygen atoms in total. The number of benzene rings is 4. The molecule has 0 heterocycles. The average Bonchev–Trinajstić information content (AvgIpc) is 2.85. The Hall–Kier alpha value is -2.68. The van der Waals surface area contributed by atoms with Crippen LogP contribution in [0.4, 0.5) is 0 Å². The van der Waals surface area contributed by atoms with Crippen molar-refractivity contribution in [2.75, 3.05) is 0 Å². The van der Waals surface area contributed by atoms with Crippen molar-refractivity contribution in [1.82, 2.24) is 0 Å². The van der Waals surface area contributed by atoms with Gasteiger partial charge in [-0.1, -0.05) is 0 Å². The third-order valence-electron chi connectivity index (χ3n) is 4.94. The fraction of sp³-hybridized carbons (Fsp3) is 0. The molecule has 0 aromatic heterocycles. The van der Waals surface area contributed by atoms with E-state index in [1.54, 1.807) is 97.1 Å². The van der Waals surface area contributed by atoms with Gasteiger partial charge in [-0.25, -0.2) is 0 Å². The molecule has 7 heteroatoms. The molecule has 0 N–H and O–H groups in total. The van der Waals surface area contributed by atoms with Crippen molar-refractivity contribution in [1.29, 1.82) is 0 Å². The summed E-state index contributed by atoms with van der Waals surface area (Å²) < 4.78 is 13.7. The molecule has 33 heavy (non-hydrogen) atoms. The Balaban J connectivity index is 1.88. The zero-order valence-electron chi connectivity index (χ0n) is 17.3. The third-order valence-corrected chi connectivity index (χ3v) is 17.6. The third kappa shape index (κ3) is 5.46. The molecule has 0 atom stereocenters. The number of carbonyl (C=O) groups is 2. The van der Waals surface area contributed by atoms with E-state index in [1.807, 2.05) is 12.1 Å². The van der Waals surface area contributed by atoms with Crippen LogP contribution in [0.15, 0.2) is 109 Å². The van der Waals surface area contributed by atoms with Crippen LogP contribution in [0, 0.1) is 0 Å². The summed E-state index contributed by atoms with van der Waals surface area (Å²) in [5.74, 6) is -1.13. The van der Waals surface area contributed by atoms with Gasteiger partial charge in [0.1, 0.15) is 0 Å². The maximum atomic E-state index is 13.2. The number of hydrogen-bond acceptors (Lipinski definition) is 4. The van der Waals surface area contributed by atoms with Gasteiger partial charge in [0.05, 0.1) is 0 Å². The van der Waals surface area contributed by atoms with Crippen molar-refractivity contribution in [3.8, 4) is 0 Å². The molecular weight excluding hydrogens is 654 g/mol. The second-order valence-corrected chi connectivity index (χ2v) is 18.9. The van der Waals surface area contributed by atoms with Crippen molar-refractivity contribution in [2.24, 2.45) is 0 Å². The van der Waals surface area contributed by atoms with Gasteiger partial charge in [0.15, 0.2) is 0 Å². The van der Waals surface area contributed by atoms with E-state index in [4.69, 9.17) is 28.6 Å². The van der Waals surface area contributed by atoms with Crippen LogP contribution in [0.1, 0.15) is 20.7 Å². The van der Waals surface area contributed by atoms with Crippen LogP contribution in [-0.2, 0) is 5.37 Å². The van der Waals surface area contributed by atoms with E-state index in [0.29, 0.717) is 27.4 Å². The first kappa shape index (κ1) is 23.5. The van der Waals surface area contributed by atoms with Crippen LogP contribution in [0.3, 0.4) is 0 Å². The van der Waals surface area contributed by atoms with Gasteiger partial charge < -0.3 is 0 Å². The zero-order valence-corrected chi connectivity index (χ0v) is 22.7. The van der Waals surface area contributed by atoms with Gasteiger partial charge in [0.2, 0.25) is 0 Å². The molecule has 0 bridgehead atoms. The molecule has 0 aliphatic heterocycles. The van der Waals surface area contributed by atoms with Crippen LogP contribution >= 0.6 is 23.2 Å². The van der Waals surface area contributed by atoms with Crippen LogP contribution in [0.2, 0.25) is 10.0 Å². The fourth-order valence-corrected chi connectivity index (χ4v) is 14.5. The van der Waals surface area contributed by atoms with E-state index in [2.05, 4.69) is 0 Å². The summed E-state index contributed by atoms with van der Waals surface area (Å²) in [6.45, 7) is 0. The second-order valence-electron chi connectivity index (χ2n) is 7.14. The van der Waals surface area contributed by atoms with E-state index in [9.17, 15) is 9.59 Å². The molecule has 4 rings (SSSR count). The first-order valence-electron chi connectivity index (χ1n) is 10.1. The van der Waals surface area contributed by atoms with E-state index in [0.717, 1.165) is 0 Å². The van der Waals surface area contributed by atoms with Gasteiger partial charge in [-0.3, -0.25) is 0 Å². The number of halogens is 2. The molecular formula is C26H18Cl2O4Pb. The Morgan fingerprint density at radius 1 is 0.515 bits per heavy atom. The summed E-state index contributed by atoms with van der Waals surface area (Å²) in [5, 5.41) is 1.03. The van der Waals surface area contributed by atoms with Crippen LogP contribution in [0.5, 0.6) is 0 Å². The van der Waals surface area contributed by atoms with Gasteiger partial charge in [0.25, 0.3) is 0 Å². The van der Waals surface area contributed by atoms with Crippen molar-refractivity contribution in [3.05, 3.63) is 130 Å². The minimum atomic E-state index is -5.11. The van der Waals surface area contributed by atoms with E-state index < -0.39 is 34.0 Å². The Kier molecular flexibility index (Phi) is 7.47. The molecule has 4 aromatic carbocycles. The van der Waals surface area contributed by atoms with Crippen molar-refractivity contribution in [2.45, 2.75) is 0 Å². The molecule has 0 spiro atoms. The minimum absolute atomic E-state index is 0.362. The molecule has 0 radical (unpaired) electrons. The second kappa shape index (κ2) is 10.5. The molecule has 0 fully saturated rings. The predicted molar refractivity (Wildman–Crippen MR) is 132 cm³/mol. The SMILES string of the molecule is O=C([O][Pb]([O]C(=O)c1ccccc1)([c]1ccc(Cl)cc1)[c]1ccc(Cl)cc1)c1ccccc1.